The Balaban J connectivity index is 1.95. The van der Waals surface area contributed by atoms with Gasteiger partial charge in [0.05, 0.1) is 0 Å². The van der Waals surface area contributed by atoms with Crippen LogP contribution in [0.5, 0.6) is 0 Å². The van der Waals surface area contributed by atoms with E-state index in [9.17, 15) is 0 Å². The molecule has 0 bridgehead atoms. The van der Waals surface area contributed by atoms with Gasteiger partial charge < -0.3 is 0 Å². The van der Waals surface area contributed by atoms with Crippen molar-refractivity contribution in [3.63, 3.8) is 0 Å². The zero-order valence-electron chi connectivity index (χ0n) is 13.8. The summed E-state index contributed by atoms with van der Waals surface area (Å²) in [6.45, 7) is 8.22. The minimum atomic E-state index is 0.945. The Labute approximate surface area is 139 Å². The van der Waals surface area contributed by atoms with Gasteiger partial charge in [-0.05, 0) is 53.6 Å². The largest absolute Gasteiger partial charge is 0.0955 e. The lowest BCUT2D eigenvalue weighted by molar-refractivity contribution is 1.19. The van der Waals surface area contributed by atoms with Crippen molar-refractivity contribution in [1.82, 2.24) is 0 Å². The third kappa shape index (κ3) is 3.43. The van der Waals surface area contributed by atoms with Crippen molar-refractivity contribution in [2.24, 2.45) is 0 Å². The standard InChI is InChI=1S/C23H22/c1-17(2)20-14-12-19(13-15-20)16-21-9-5-7-11-23(21)22-10-6-4-8-18(22)3/h4-15H,1,16H2,2-3H3. The summed E-state index contributed by atoms with van der Waals surface area (Å²) < 4.78 is 0. The maximum absolute atomic E-state index is 4.00. The number of aryl methyl sites for hydroxylation is 1. The minimum Gasteiger partial charge on any atom is -0.0955 e. The number of allylic oxidation sites excluding steroid dienone is 1. The van der Waals surface area contributed by atoms with E-state index >= 15 is 0 Å². The summed E-state index contributed by atoms with van der Waals surface area (Å²) in [5, 5.41) is 0. The molecule has 0 saturated carbocycles. The predicted octanol–water partition coefficient (Wildman–Crippen LogP) is 6.29. The van der Waals surface area contributed by atoms with E-state index in [2.05, 4.69) is 86.3 Å². The molecule has 0 unspecified atom stereocenters. The van der Waals surface area contributed by atoms with Gasteiger partial charge in [0, 0.05) is 0 Å². The molecule has 0 spiro atoms. The fraction of sp³-hybridized carbons (Fsp3) is 0.130. The molecule has 0 heterocycles. The van der Waals surface area contributed by atoms with Crippen molar-refractivity contribution < 1.29 is 0 Å². The van der Waals surface area contributed by atoms with E-state index < -0.39 is 0 Å². The van der Waals surface area contributed by atoms with Crippen LogP contribution in [0.15, 0.2) is 79.4 Å². The lowest BCUT2D eigenvalue weighted by atomic mass is 9.92. The van der Waals surface area contributed by atoms with Gasteiger partial charge in [-0.2, -0.15) is 0 Å². The van der Waals surface area contributed by atoms with Crippen LogP contribution in [0.4, 0.5) is 0 Å². The molecule has 114 valence electrons. The number of benzene rings is 3. The van der Waals surface area contributed by atoms with Crippen LogP contribution in [0.25, 0.3) is 16.7 Å². The summed E-state index contributed by atoms with van der Waals surface area (Å²) in [5.74, 6) is 0. The van der Waals surface area contributed by atoms with Crippen molar-refractivity contribution in [2.45, 2.75) is 20.3 Å². The summed E-state index contributed by atoms with van der Waals surface area (Å²) >= 11 is 0. The molecule has 0 amide bonds. The van der Waals surface area contributed by atoms with Crippen LogP contribution in [-0.4, -0.2) is 0 Å². The Morgan fingerprint density at radius 1 is 0.783 bits per heavy atom. The van der Waals surface area contributed by atoms with Gasteiger partial charge in [-0.25, -0.2) is 0 Å². The average Bonchev–Trinajstić information content (AvgIpc) is 2.56. The van der Waals surface area contributed by atoms with E-state index in [1.54, 1.807) is 0 Å². The fourth-order valence-electron chi connectivity index (χ4n) is 2.94. The number of hydrogen-bond donors (Lipinski definition) is 0. The van der Waals surface area contributed by atoms with Crippen molar-refractivity contribution in [3.8, 4) is 11.1 Å². The number of rotatable bonds is 4. The highest BCUT2D eigenvalue weighted by Gasteiger charge is 2.07. The van der Waals surface area contributed by atoms with Gasteiger partial charge in [0.15, 0.2) is 0 Å². The summed E-state index contributed by atoms with van der Waals surface area (Å²) in [6, 6.07) is 26.0. The van der Waals surface area contributed by atoms with Crippen molar-refractivity contribution in [1.29, 1.82) is 0 Å². The molecule has 3 aromatic carbocycles. The topological polar surface area (TPSA) is 0 Å². The number of hydrogen-bond acceptors (Lipinski definition) is 0. The van der Waals surface area contributed by atoms with Gasteiger partial charge in [0.1, 0.15) is 0 Å². The summed E-state index contributed by atoms with van der Waals surface area (Å²) in [5.41, 5.74) is 8.98. The van der Waals surface area contributed by atoms with Gasteiger partial charge in [0.2, 0.25) is 0 Å². The van der Waals surface area contributed by atoms with E-state index in [1.807, 2.05) is 6.92 Å². The first-order chi connectivity index (χ1) is 11.1. The second-order valence-electron chi connectivity index (χ2n) is 6.13. The zero-order valence-corrected chi connectivity index (χ0v) is 13.8. The van der Waals surface area contributed by atoms with E-state index in [4.69, 9.17) is 0 Å². The van der Waals surface area contributed by atoms with E-state index in [-0.39, 0.29) is 0 Å². The minimum absolute atomic E-state index is 0.945. The van der Waals surface area contributed by atoms with Crippen LogP contribution in [0, 0.1) is 6.92 Å². The molecule has 0 heteroatoms. The van der Waals surface area contributed by atoms with Crippen LogP contribution in [-0.2, 0) is 6.42 Å². The van der Waals surface area contributed by atoms with E-state index in [1.165, 1.54) is 33.4 Å². The maximum atomic E-state index is 4.00. The van der Waals surface area contributed by atoms with Crippen LogP contribution in [0.3, 0.4) is 0 Å². The Morgan fingerprint density at radius 3 is 2.04 bits per heavy atom. The third-order valence-electron chi connectivity index (χ3n) is 4.29. The lowest BCUT2D eigenvalue weighted by Crippen LogP contribution is -1.94. The van der Waals surface area contributed by atoms with Crippen molar-refractivity contribution in [3.05, 3.63) is 102 Å². The SMILES string of the molecule is C=C(C)c1ccc(Cc2ccccc2-c2ccccc2C)cc1. The lowest BCUT2D eigenvalue weighted by Gasteiger charge is -2.12. The molecule has 0 aliphatic heterocycles. The molecule has 0 fully saturated rings. The molecule has 0 radical (unpaired) electrons. The average molecular weight is 298 g/mol. The molecular weight excluding hydrogens is 276 g/mol. The summed E-state index contributed by atoms with van der Waals surface area (Å²) in [6.07, 6.45) is 0.945. The molecule has 0 atom stereocenters. The molecule has 0 aliphatic carbocycles. The molecular formula is C23H22. The molecule has 0 N–H and O–H groups in total. The normalized spacial score (nSPS) is 10.5. The first-order valence-electron chi connectivity index (χ1n) is 8.04. The quantitative estimate of drug-likeness (QED) is 0.531. The highest BCUT2D eigenvalue weighted by Crippen LogP contribution is 2.28. The molecule has 0 nitrogen and oxygen atoms in total. The van der Waals surface area contributed by atoms with Gasteiger partial charge in [-0.1, -0.05) is 84.9 Å². The van der Waals surface area contributed by atoms with Gasteiger partial charge in [0.25, 0.3) is 0 Å². The highest BCUT2D eigenvalue weighted by molar-refractivity contribution is 5.71. The Hall–Kier alpha value is -2.60. The Morgan fingerprint density at radius 2 is 1.39 bits per heavy atom. The predicted molar refractivity (Wildman–Crippen MR) is 101 cm³/mol. The smallest absolute Gasteiger partial charge is 0.00196 e. The molecule has 0 aromatic heterocycles. The fourth-order valence-corrected chi connectivity index (χ4v) is 2.94. The summed E-state index contributed by atoms with van der Waals surface area (Å²) in [4.78, 5) is 0. The van der Waals surface area contributed by atoms with Crippen LogP contribution >= 0.6 is 0 Å². The molecule has 3 rings (SSSR count). The van der Waals surface area contributed by atoms with Crippen LogP contribution < -0.4 is 0 Å². The summed E-state index contributed by atoms with van der Waals surface area (Å²) in [7, 11) is 0. The van der Waals surface area contributed by atoms with Crippen LogP contribution in [0.1, 0.15) is 29.2 Å². The van der Waals surface area contributed by atoms with Crippen LogP contribution in [0.2, 0.25) is 0 Å². The monoisotopic (exact) mass is 298 g/mol. The van der Waals surface area contributed by atoms with Crippen molar-refractivity contribution >= 4 is 5.57 Å². The third-order valence-corrected chi connectivity index (χ3v) is 4.29. The van der Waals surface area contributed by atoms with Gasteiger partial charge in [-0.15, -0.1) is 0 Å². The second-order valence-corrected chi connectivity index (χ2v) is 6.13. The Bertz CT molecular complexity index is 823. The molecule has 0 saturated heterocycles. The molecule has 0 aliphatic rings. The van der Waals surface area contributed by atoms with E-state index in [0.29, 0.717) is 0 Å². The highest BCUT2D eigenvalue weighted by atomic mass is 14.1. The Kier molecular flexibility index (Phi) is 4.43. The second kappa shape index (κ2) is 6.66. The van der Waals surface area contributed by atoms with Crippen molar-refractivity contribution in [2.75, 3.05) is 0 Å². The van der Waals surface area contributed by atoms with Gasteiger partial charge >= 0.3 is 0 Å². The first kappa shape index (κ1) is 15.3. The zero-order chi connectivity index (χ0) is 16.2. The van der Waals surface area contributed by atoms with Gasteiger partial charge in [-0.3, -0.25) is 0 Å². The van der Waals surface area contributed by atoms with E-state index in [0.717, 1.165) is 12.0 Å². The molecule has 23 heavy (non-hydrogen) atoms. The molecule has 3 aromatic rings. The first-order valence-corrected chi connectivity index (χ1v) is 8.04. The maximum Gasteiger partial charge on any atom is -0.00196 e.